The molecule has 2 amide bonds. The molecule has 0 saturated carbocycles. The number of ether oxygens (including phenoxy) is 2. The van der Waals surface area contributed by atoms with Crippen molar-refractivity contribution >= 4 is 17.8 Å². The Morgan fingerprint density at radius 2 is 1.74 bits per heavy atom. The molecule has 2 aromatic rings. The highest BCUT2D eigenvalue weighted by atomic mass is 16.5. The molecule has 0 atom stereocenters. The number of carbonyl (C=O) groups excluding carboxylic acids is 3. The zero-order chi connectivity index (χ0) is 27.1. The molecule has 0 bridgehead atoms. The van der Waals surface area contributed by atoms with Gasteiger partial charge >= 0.3 is 5.97 Å². The third-order valence-corrected chi connectivity index (χ3v) is 7.12. The lowest BCUT2D eigenvalue weighted by molar-refractivity contribution is 0.0339. The van der Waals surface area contributed by atoms with Gasteiger partial charge in [0.25, 0.3) is 11.8 Å². The molecule has 0 unspecified atom stereocenters. The van der Waals surface area contributed by atoms with Gasteiger partial charge in [0.2, 0.25) is 0 Å². The van der Waals surface area contributed by atoms with Crippen molar-refractivity contribution in [1.82, 2.24) is 20.0 Å². The van der Waals surface area contributed by atoms with E-state index in [1.54, 1.807) is 28.9 Å². The summed E-state index contributed by atoms with van der Waals surface area (Å²) >= 11 is 0. The molecule has 9 nitrogen and oxygen atoms in total. The summed E-state index contributed by atoms with van der Waals surface area (Å²) in [6.45, 7) is 10.3. The quantitative estimate of drug-likeness (QED) is 0.555. The van der Waals surface area contributed by atoms with E-state index in [1.807, 2.05) is 25.7 Å². The lowest BCUT2D eigenvalue weighted by Gasteiger charge is -2.24. The highest BCUT2D eigenvalue weighted by Gasteiger charge is 2.29. The second-order valence-electron chi connectivity index (χ2n) is 10.9. The number of aryl methyl sites for hydroxylation is 1. The van der Waals surface area contributed by atoms with Crippen LogP contribution >= 0.6 is 0 Å². The molecular formula is C29H40N4O5. The number of benzene rings is 1. The Hall–Kier alpha value is -3.20. The normalized spacial score (nSPS) is 16.9. The number of hydrogen-bond acceptors (Lipinski definition) is 6. The first-order valence-electron chi connectivity index (χ1n) is 13.8. The Morgan fingerprint density at radius 3 is 2.45 bits per heavy atom. The average Bonchev–Trinajstić information content (AvgIpc) is 3.56. The summed E-state index contributed by atoms with van der Waals surface area (Å²) in [6, 6.07) is 6.69. The summed E-state index contributed by atoms with van der Waals surface area (Å²) in [5, 5.41) is 7.80. The van der Waals surface area contributed by atoms with Crippen molar-refractivity contribution in [3.8, 4) is 0 Å². The number of carbonyl (C=O) groups is 3. The van der Waals surface area contributed by atoms with Crippen molar-refractivity contribution in [2.24, 2.45) is 5.41 Å². The maximum atomic E-state index is 13.0. The molecule has 0 spiro atoms. The fourth-order valence-corrected chi connectivity index (χ4v) is 5.05. The third-order valence-electron chi connectivity index (χ3n) is 7.12. The van der Waals surface area contributed by atoms with Crippen LogP contribution in [-0.4, -0.2) is 71.9 Å². The summed E-state index contributed by atoms with van der Waals surface area (Å²) in [7, 11) is 0. The minimum absolute atomic E-state index is 0.00657. The zero-order valence-electron chi connectivity index (χ0n) is 22.9. The van der Waals surface area contributed by atoms with Crippen LogP contribution in [0.25, 0.3) is 0 Å². The first-order chi connectivity index (χ1) is 18.3. The molecule has 1 aromatic carbocycles. The van der Waals surface area contributed by atoms with E-state index in [1.165, 1.54) is 0 Å². The molecule has 2 aliphatic rings. The van der Waals surface area contributed by atoms with Crippen LogP contribution < -0.4 is 5.32 Å². The Bertz CT molecular complexity index is 1130. The van der Waals surface area contributed by atoms with Crippen LogP contribution in [0.5, 0.6) is 0 Å². The summed E-state index contributed by atoms with van der Waals surface area (Å²) in [6.07, 6.45) is 4.94. The molecule has 1 N–H and O–H groups in total. The fourth-order valence-electron chi connectivity index (χ4n) is 5.05. The first-order valence-corrected chi connectivity index (χ1v) is 13.8. The van der Waals surface area contributed by atoms with E-state index in [-0.39, 0.29) is 18.4 Å². The van der Waals surface area contributed by atoms with Crippen LogP contribution in [0.1, 0.15) is 88.9 Å². The van der Waals surface area contributed by atoms with Crippen molar-refractivity contribution in [2.45, 2.75) is 65.8 Å². The number of rotatable bonds is 7. The van der Waals surface area contributed by atoms with Crippen molar-refractivity contribution in [2.75, 3.05) is 39.5 Å². The van der Waals surface area contributed by atoms with Gasteiger partial charge in [-0.25, -0.2) is 4.79 Å². The Balaban J connectivity index is 1.42. The van der Waals surface area contributed by atoms with E-state index >= 15 is 0 Å². The van der Waals surface area contributed by atoms with Crippen molar-refractivity contribution in [3.05, 3.63) is 52.3 Å². The van der Waals surface area contributed by atoms with Gasteiger partial charge in [-0.05, 0) is 63.3 Å². The molecule has 2 aliphatic heterocycles. The molecule has 1 fully saturated rings. The fraction of sp³-hybridized carbons (Fsp3) is 0.586. The Morgan fingerprint density at radius 1 is 1.05 bits per heavy atom. The maximum absolute atomic E-state index is 13.0. The van der Waals surface area contributed by atoms with E-state index in [2.05, 4.69) is 5.32 Å². The number of amides is 2. The van der Waals surface area contributed by atoms with Gasteiger partial charge in [-0.2, -0.15) is 5.10 Å². The topological polar surface area (TPSA) is 103 Å². The molecule has 206 valence electrons. The number of nitrogens with one attached hydrogen (secondary N) is 1. The van der Waals surface area contributed by atoms with Gasteiger partial charge in [-0.1, -0.05) is 13.8 Å². The largest absolute Gasteiger partial charge is 0.462 e. The summed E-state index contributed by atoms with van der Waals surface area (Å²) < 4.78 is 13.2. The molecule has 9 heteroatoms. The first kappa shape index (κ1) is 27.8. The lowest BCUT2D eigenvalue weighted by atomic mass is 9.86. The predicted molar refractivity (Wildman–Crippen MR) is 143 cm³/mol. The number of fused-ring (bicyclic) bond motifs is 1. The lowest BCUT2D eigenvalue weighted by Crippen LogP contribution is -2.28. The molecular weight excluding hydrogens is 484 g/mol. The van der Waals surface area contributed by atoms with Crippen LogP contribution in [0.15, 0.2) is 24.3 Å². The monoisotopic (exact) mass is 524 g/mol. The van der Waals surface area contributed by atoms with E-state index < -0.39 is 11.4 Å². The second-order valence-corrected chi connectivity index (χ2v) is 10.9. The van der Waals surface area contributed by atoms with Crippen molar-refractivity contribution in [3.63, 3.8) is 0 Å². The van der Waals surface area contributed by atoms with Gasteiger partial charge in [-0.3, -0.25) is 14.3 Å². The Kier molecular flexibility index (Phi) is 9.20. The smallest absolute Gasteiger partial charge is 0.338 e. The third kappa shape index (κ3) is 6.81. The van der Waals surface area contributed by atoms with Gasteiger partial charge < -0.3 is 19.7 Å². The maximum Gasteiger partial charge on any atom is 0.338 e. The summed E-state index contributed by atoms with van der Waals surface area (Å²) in [5.41, 5.74) is 3.04. The van der Waals surface area contributed by atoms with Crippen LogP contribution in [0, 0.1) is 5.41 Å². The minimum atomic E-state index is -0.423. The summed E-state index contributed by atoms with van der Waals surface area (Å²) in [4.78, 5) is 40.2. The number of nitrogens with zero attached hydrogens (tertiary/aromatic N) is 3. The molecule has 38 heavy (non-hydrogen) atoms. The number of hydrogen-bond donors (Lipinski definition) is 1. The average molecular weight is 525 g/mol. The van der Waals surface area contributed by atoms with E-state index in [4.69, 9.17) is 14.6 Å². The van der Waals surface area contributed by atoms with Gasteiger partial charge in [-0.15, -0.1) is 0 Å². The van der Waals surface area contributed by atoms with Gasteiger partial charge in [0.05, 0.1) is 17.9 Å². The molecule has 0 radical (unpaired) electrons. The predicted octanol–water partition coefficient (Wildman–Crippen LogP) is 3.65. The van der Waals surface area contributed by atoms with Gasteiger partial charge in [0, 0.05) is 62.4 Å². The molecule has 0 aliphatic carbocycles. The molecule has 3 heterocycles. The van der Waals surface area contributed by atoms with Crippen LogP contribution in [0.4, 0.5) is 0 Å². The van der Waals surface area contributed by atoms with E-state index in [0.29, 0.717) is 56.0 Å². The number of likely N-dealkylation sites (tertiary alicyclic amines) is 1. The molecule has 1 aromatic heterocycles. The SMILES string of the molecule is CCn1nc(CC(C)(C)COC(=O)c2ccc(C(=O)N3CCCC3)cc2)c2c1C(=O)NCCCOCCC2. The van der Waals surface area contributed by atoms with Crippen molar-refractivity contribution < 1.29 is 23.9 Å². The Labute approximate surface area is 224 Å². The minimum Gasteiger partial charge on any atom is -0.462 e. The second kappa shape index (κ2) is 12.6. The number of esters is 1. The summed E-state index contributed by atoms with van der Waals surface area (Å²) in [5.74, 6) is -0.515. The highest BCUT2D eigenvalue weighted by Crippen LogP contribution is 2.27. The molecule has 4 rings (SSSR count). The van der Waals surface area contributed by atoms with Crippen molar-refractivity contribution in [1.29, 1.82) is 0 Å². The van der Waals surface area contributed by atoms with Crippen LogP contribution in [-0.2, 0) is 28.9 Å². The van der Waals surface area contributed by atoms with E-state index in [0.717, 1.165) is 50.0 Å². The zero-order valence-corrected chi connectivity index (χ0v) is 22.9. The van der Waals surface area contributed by atoms with Crippen LogP contribution in [0.3, 0.4) is 0 Å². The van der Waals surface area contributed by atoms with Gasteiger partial charge in [0.1, 0.15) is 5.69 Å². The standard InChI is InChI=1S/C29H40N4O5/c1-4-33-25-23(9-7-17-37-18-8-14-30-26(25)34)24(31-33)19-29(2,3)20-38-28(36)22-12-10-21(11-13-22)27(35)32-15-5-6-16-32/h10-13H,4-9,14-20H2,1-3H3,(H,30,34). The van der Waals surface area contributed by atoms with Crippen LogP contribution in [0.2, 0.25) is 0 Å². The highest BCUT2D eigenvalue weighted by molar-refractivity contribution is 5.96. The number of aromatic nitrogens is 2. The van der Waals surface area contributed by atoms with E-state index in [9.17, 15) is 14.4 Å². The van der Waals surface area contributed by atoms with Gasteiger partial charge in [0.15, 0.2) is 0 Å². The molecule has 1 saturated heterocycles.